The number of ether oxygens (including phenoxy) is 3. The van der Waals surface area contributed by atoms with E-state index < -0.39 is 11.4 Å². The molecule has 3 fully saturated rings. The zero-order valence-corrected chi connectivity index (χ0v) is 29.2. The second kappa shape index (κ2) is 19.1. The Balaban J connectivity index is 2.00. The lowest BCUT2D eigenvalue weighted by Gasteiger charge is -2.56. The lowest BCUT2D eigenvalue weighted by atomic mass is 9.51. The van der Waals surface area contributed by atoms with E-state index in [1.165, 1.54) is 0 Å². The highest BCUT2D eigenvalue weighted by Gasteiger charge is 2.63. The van der Waals surface area contributed by atoms with Crippen LogP contribution in [0.3, 0.4) is 0 Å². The molecule has 0 radical (unpaired) electrons. The van der Waals surface area contributed by atoms with E-state index in [0.29, 0.717) is 71.0 Å². The highest BCUT2D eigenvalue weighted by atomic mass is 16.6. The summed E-state index contributed by atoms with van der Waals surface area (Å²) in [7, 11) is 0. The summed E-state index contributed by atoms with van der Waals surface area (Å²) in [5, 5.41) is 9.46. The molecule has 0 saturated heterocycles. The van der Waals surface area contributed by atoms with Crippen LogP contribution < -0.4 is 17.2 Å². The summed E-state index contributed by atoms with van der Waals surface area (Å²) in [5.74, 6) is -0.713. The molecule has 0 amide bonds. The molecule has 0 spiro atoms. The predicted molar refractivity (Wildman–Crippen MR) is 179 cm³/mol. The number of rotatable bonds is 16. The first-order valence-corrected chi connectivity index (χ1v) is 18.4. The van der Waals surface area contributed by atoms with Gasteiger partial charge in [0.25, 0.3) is 0 Å². The SMILES string of the molecule is CC1CCC(OC(=O)CCCN)CCCC(OC(=O)CCCN)C2C1CC(OC(=O)CCCN)C1(C)C(C(C)CCC(=O)O)CCC21. The van der Waals surface area contributed by atoms with Crippen molar-refractivity contribution in [1.82, 2.24) is 0 Å². The molecule has 3 saturated carbocycles. The van der Waals surface area contributed by atoms with Crippen LogP contribution in [0.4, 0.5) is 0 Å². The Bertz CT molecular complexity index is 1030. The lowest BCUT2D eigenvalue weighted by Crippen LogP contribution is -2.57. The van der Waals surface area contributed by atoms with Gasteiger partial charge in [0, 0.05) is 37.0 Å². The summed E-state index contributed by atoms with van der Waals surface area (Å²) in [6.45, 7) is 7.87. The molecule has 11 nitrogen and oxygen atoms in total. The van der Waals surface area contributed by atoms with Gasteiger partial charge in [0.05, 0.1) is 0 Å². The average Bonchev–Trinajstić information content (AvgIpc) is 3.40. The average molecular weight is 666 g/mol. The first-order chi connectivity index (χ1) is 22.5. The van der Waals surface area contributed by atoms with Gasteiger partial charge in [-0.15, -0.1) is 0 Å². The van der Waals surface area contributed by atoms with E-state index in [0.717, 1.165) is 32.1 Å². The fourth-order valence-corrected chi connectivity index (χ4v) is 9.30. The maximum atomic E-state index is 13.2. The van der Waals surface area contributed by atoms with E-state index in [-0.39, 0.29) is 91.0 Å². The monoisotopic (exact) mass is 665 g/mol. The van der Waals surface area contributed by atoms with Crippen LogP contribution in [0.25, 0.3) is 0 Å². The normalized spacial score (nSPS) is 33.1. The molecule has 270 valence electrons. The van der Waals surface area contributed by atoms with E-state index in [2.05, 4.69) is 20.8 Å². The first kappa shape index (κ1) is 39.2. The van der Waals surface area contributed by atoms with Gasteiger partial charge < -0.3 is 36.5 Å². The number of hydrogen-bond acceptors (Lipinski definition) is 10. The minimum atomic E-state index is -0.806. The number of carboxylic acids is 1. The molecule has 0 heterocycles. The molecule has 0 aliphatic heterocycles. The van der Waals surface area contributed by atoms with Gasteiger partial charge in [-0.3, -0.25) is 19.2 Å². The Morgan fingerprint density at radius 1 is 0.787 bits per heavy atom. The van der Waals surface area contributed by atoms with Crippen molar-refractivity contribution in [3.63, 3.8) is 0 Å². The van der Waals surface area contributed by atoms with Crippen molar-refractivity contribution < 1.29 is 38.5 Å². The number of fused-ring (bicyclic) bond motifs is 3. The van der Waals surface area contributed by atoms with E-state index in [4.69, 9.17) is 31.4 Å². The zero-order valence-electron chi connectivity index (χ0n) is 29.2. The molecule has 10 atom stereocenters. The molecule has 3 aliphatic carbocycles. The lowest BCUT2D eigenvalue weighted by molar-refractivity contribution is -0.191. The summed E-state index contributed by atoms with van der Waals surface area (Å²) in [6, 6.07) is 0. The van der Waals surface area contributed by atoms with Gasteiger partial charge in [0.2, 0.25) is 0 Å². The van der Waals surface area contributed by atoms with Gasteiger partial charge in [-0.1, -0.05) is 20.8 Å². The third-order valence-electron chi connectivity index (χ3n) is 11.8. The van der Waals surface area contributed by atoms with Crippen LogP contribution in [0.2, 0.25) is 0 Å². The summed E-state index contributed by atoms with van der Waals surface area (Å²) in [5.41, 5.74) is 16.6. The second-order valence-corrected chi connectivity index (χ2v) is 14.8. The maximum Gasteiger partial charge on any atom is 0.306 e. The largest absolute Gasteiger partial charge is 0.481 e. The number of nitrogens with two attached hydrogens (primary N) is 3. The quantitative estimate of drug-likeness (QED) is 0.132. The molecular formula is C36H63N3O8. The van der Waals surface area contributed by atoms with E-state index in [1.54, 1.807) is 0 Å². The highest BCUT2D eigenvalue weighted by Crippen LogP contribution is 2.64. The van der Waals surface area contributed by atoms with Crippen molar-refractivity contribution >= 4 is 23.9 Å². The molecule has 3 rings (SSSR count). The molecular weight excluding hydrogens is 602 g/mol. The predicted octanol–water partition coefficient (Wildman–Crippen LogP) is 4.71. The molecule has 47 heavy (non-hydrogen) atoms. The fraction of sp³-hybridized carbons (Fsp3) is 0.889. The van der Waals surface area contributed by atoms with Crippen LogP contribution >= 0.6 is 0 Å². The van der Waals surface area contributed by atoms with E-state index >= 15 is 0 Å². The topological polar surface area (TPSA) is 194 Å². The van der Waals surface area contributed by atoms with Crippen molar-refractivity contribution in [2.24, 2.45) is 58.1 Å². The number of carboxylic acid groups (broad SMARTS) is 1. The Kier molecular flexibility index (Phi) is 15.9. The van der Waals surface area contributed by atoms with Crippen LogP contribution in [0.15, 0.2) is 0 Å². The molecule has 0 bridgehead atoms. The van der Waals surface area contributed by atoms with Gasteiger partial charge in [0.15, 0.2) is 0 Å². The molecule has 3 aliphatic rings. The number of esters is 3. The standard InChI is InChI=1S/C36H63N3O8/c1-23-13-15-25(45-32(42)10-5-19-37)8-4-9-29(46-33(43)11-6-20-38)35-26(23)22-30(47-34(44)12-7-21-39)36(3)27(16-17-28(35)36)24(2)14-18-31(40)41/h23-30,35H,4-22,37-39H2,1-3H3,(H,40,41). The van der Waals surface area contributed by atoms with Crippen LogP contribution in [0.5, 0.6) is 0 Å². The van der Waals surface area contributed by atoms with Gasteiger partial charge in [-0.2, -0.15) is 0 Å². The van der Waals surface area contributed by atoms with Gasteiger partial charge in [-0.05, 0) is 126 Å². The Hall–Kier alpha value is -2.24. The molecule has 0 aromatic rings. The van der Waals surface area contributed by atoms with Crippen molar-refractivity contribution in [2.75, 3.05) is 19.6 Å². The maximum absolute atomic E-state index is 13.2. The third-order valence-corrected chi connectivity index (χ3v) is 11.8. The Morgan fingerprint density at radius 3 is 1.98 bits per heavy atom. The molecule has 11 heteroatoms. The van der Waals surface area contributed by atoms with Gasteiger partial charge in [0.1, 0.15) is 18.3 Å². The second-order valence-electron chi connectivity index (χ2n) is 14.8. The van der Waals surface area contributed by atoms with Gasteiger partial charge in [-0.25, -0.2) is 0 Å². The Labute approximate surface area is 281 Å². The van der Waals surface area contributed by atoms with Crippen molar-refractivity contribution in [3.8, 4) is 0 Å². The highest BCUT2D eigenvalue weighted by molar-refractivity contribution is 5.70. The number of aliphatic carboxylic acids is 1. The molecule has 0 aromatic carbocycles. The summed E-state index contributed by atoms with van der Waals surface area (Å²) < 4.78 is 18.7. The minimum Gasteiger partial charge on any atom is -0.481 e. The van der Waals surface area contributed by atoms with Crippen molar-refractivity contribution in [2.45, 2.75) is 142 Å². The summed E-state index contributed by atoms with van der Waals surface area (Å²) >= 11 is 0. The molecule has 0 aromatic heterocycles. The van der Waals surface area contributed by atoms with Crippen molar-refractivity contribution in [3.05, 3.63) is 0 Å². The van der Waals surface area contributed by atoms with Gasteiger partial charge >= 0.3 is 23.9 Å². The fourth-order valence-electron chi connectivity index (χ4n) is 9.30. The van der Waals surface area contributed by atoms with E-state index in [1.807, 2.05) is 0 Å². The number of hydrogen-bond donors (Lipinski definition) is 4. The van der Waals surface area contributed by atoms with Crippen molar-refractivity contribution in [1.29, 1.82) is 0 Å². The Morgan fingerprint density at radius 2 is 1.38 bits per heavy atom. The molecule has 10 unspecified atom stereocenters. The smallest absolute Gasteiger partial charge is 0.306 e. The number of carbonyl (C=O) groups excluding carboxylic acids is 3. The zero-order chi connectivity index (χ0) is 34.6. The first-order valence-electron chi connectivity index (χ1n) is 18.4. The summed E-state index contributed by atoms with van der Waals surface area (Å²) in [6.07, 6.45) is 8.45. The van der Waals surface area contributed by atoms with Crippen LogP contribution in [-0.4, -0.2) is 66.9 Å². The number of carbonyl (C=O) groups is 4. The van der Waals surface area contributed by atoms with E-state index in [9.17, 15) is 24.3 Å². The van der Waals surface area contributed by atoms with Crippen LogP contribution in [0.1, 0.15) is 124 Å². The third kappa shape index (κ3) is 10.6. The summed E-state index contributed by atoms with van der Waals surface area (Å²) in [4.78, 5) is 50.5. The molecule has 7 N–H and O–H groups in total. The van der Waals surface area contributed by atoms with Crippen LogP contribution in [0, 0.1) is 40.9 Å². The van der Waals surface area contributed by atoms with Crippen LogP contribution in [-0.2, 0) is 33.4 Å². The minimum absolute atomic E-state index is 0.0659.